The van der Waals surface area contributed by atoms with Gasteiger partial charge in [-0.25, -0.2) is 13.2 Å². The van der Waals surface area contributed by atoms with E-state index in [4.69, 9.17) is 27.9 Å². The van der Waals surface area contributed by atoms with Crippen molar-refractivity contribution in [3.05, 3.63) is 76.8 Å². The molecule has 1 aromatic heterocycles. The fourth-order valence-corrected chi connectivity index (χ4v) is 7.34. The molecule has 1 unspecified atom stereocenters. The molecule has 9 nitrogen and oxygen atoms in total. The van der Waals surface area contributed by atoms with Crippen LogP contribution in [0.25, 0.3) is 22.0 Å². The average molecular weight is 630 g/mol. The Hall–Kier alpha value is -3.44. The van der Waals surface area contributed by atoms with Gasteiger partial charge in [0.2, 0.25) is 0 Å². The second kappa shape index (κ2) is 12.8. The summed E-state index contributed by atoms with van der Waals surface area (Å²) in [6, 6.07) is 17.2. The predicted octanol–water partition coefficient (Wildman–Crippen LogP) is 6.28. The van der Waals surface area contributed by atoms with E-state index >= 15 is 0 Å². The Kier molecular flexibility index (Phi) is 9.17. The molecule has 1 fully saturated rings. The minimum Gasteiger partial charge on any atom is -0.480 e. The molecule has 1 N–H and O–H groups in total. The standard InChI is InChI=1S/C30H30Cl2N4O5S/c1-2-3-4-28(30(37)38)36(42(39,40)26-18-23(31)17-24(32)19-26)25-8-7-20-15-22(6-5-21(20)16-25)27-9-10-29(34-33-27)35-11-13-41-14-12-35/h5-10,15-19,28H,2-4,11-14H2,1H3,(H,37,38). The smallest absolute Gasteiger partial charge is 0.327 e. The summed E-state index contributed by atoms with van der Waals surface area (Å²) in [7, 11) is -4.35. The van der Waals surface area contributed by atoms with E-state index in [-0.39, 0.29) is 27.0 Å². The van der Waals surface area contributed by atoms with Crippen molar-refractivity contribution in [1.82, 2.24) is 10.2 Å². The van der Waals surface area contributed by atoms with Gasteiger partial charge in [-0.15, -0.1) is 10.2 Å². The lowest BCUT2D eigenvalue weighted by Crippen LogP contribution is -2.45. The van der Waals surface area contributed by atoms with Crippen molar-refractivity contribution < 1.29 is 23.1 Å². The number of nitrogens with zero attached hydrogens (tertiary/aromatic N) is 4. The first-order valence-corrected chi connectivity index (χ1v) is 15.8. The monoisotopic (exact) mass is 628 g/mol. The van der Waals surface area contributed by atoms with Gasteiger partial charge < -0.3 is 14.7 Å². The van der Waals surface area contributed by atoms with Gasteiger partial charge in [0.05, 0.1) is 29.5 Å². The number of ether oxygens (including phenoxy) is 1. The van der Waals surface area contributed by atoms with Gasteiger partial charge in [0.15, 0.2) is 5.82 Å². The molecule has 0 radical (unpaired) electrons. The molecule has 5 rings (SSSR count). The van der Waals surface area contributed by atoms with Crippen molar-refractivity contribution in [3.8, 4) is 11.3 Å². The Morgan fingerprint density at radius 3 is 2.31 bits per heavy atom. The van der Waals surface area contributed by atoms with E-state index in [9.17, 15) is 18.3 Å². The Balaban J connectivity index is 1.52. The van der Waals surface area contributed by atoms with Crippen molar-refractivity contribution in [1.29, 1.82) is 0 Å². The van der Waals surface area contributed by atoms with E-state index in [1.165, 1.54) is 18.2 Å². The van der Waals surface area contributed by atoms with E-state index in [1.54, 1.807) is 18.2 Å². The molecule has 1 aliphatic rings. The third-order valence-corrected chi connectivity index (χ3v) is 9.40. The number of benzene rings is 3. The summed E-state index contributed by atoms with van der Waals surface area (Å²) >= 11 is 12.2. The summed E-state index contributed by atoms with van der Waals surface area (Å²) in [5, 5.41) is 20.8. The van der Waals surface area contributed by atoms with Crippen LogP contribution in [0.4, 0.5) is 11.5 Å². The van der Waals surface area contributed by atoms with Gasteiger partial charge in [0, 0.05) is 28.7 Å². The van der Waals surface area contributed by atoms with Gasteiger partial charge in [-0.1, -0.05) is 61.2 Å². The van der Waals surface area contributed by atoms with E-state index in [0.29, 0.717) is 31.7 Å². The average Bonchev–Trinajstić information content (AvgIpc) is 2.98. The summed E-state index contributed by atoms with van der Waals surface area (Å²) in [6.07, 6.45) is 1.37. The van der Waals surface area contributed by atoms with Crippen LogP contribution in [0.1, 0.15) is 26.2 Å². The van der Waals surface area contributed by atoms with Crippen molar-refractivity contribution in [2.45, 2.75) is 37.1 Å². The number of aliphatic carboxylic acids is 1. The zero-order chi connectivity index (χ0) is 29.9. The Labute approximate surface area is 254 Å². The van der Waals surface area contributed by atoms with Crippen LogP contribution in [0.2, 0.25) is 10.0 Å². The Morgan fingerprint density at radius 1 is 0.976 bits per heavy atom. The lowest BCUT2D eigenvalue weighted by Gasteiger charge is -2.30. The molecule has 1 saturated heterocycles. The molecule has 42 heavy (non-hydrogen) atoms. The molecule has 4 aromatic rings. The van der Waals surface area contributed by atoms with Crippen LogP contribution in [0.3, 0.4) is 0 Å². The van der Waals surface area contributed by atoms with Crippen molar-refractivity contribution >= 4 is 61.5 Å². The first kappa shape index (κ1) is 30.0. The van der Waals surface area contributed by atoms with Gasteiger partial charge in [-0.05, 0) is 65.7 Å². The maximum Gasteiger partial charge on any atom is 0.327 e. The summed E-state index contributed by atoms with van der Waals surface area (Å²) in [5.74, 6) is -0.444. The highest BCUT2D eigenvalue weighted by atomic mass is 35.5. The zero-order valence-electron chi connectivity index (χ0n) is 22.9. The molecule has 2 heterocycles. The van der Waals surface area contributed by atoms with Crippen LogP contribution < -0.4 is 9.21 Å². The number of anilines is 2. The molecule has 1 atom stereocenters. The number of fused-ring (bicyclic) bond motifs is 1. The van der Waals surface area contributed by atoms with E-state index < -0.39 is 22.0 Å². The van der Waals surface area contributed by atoms with Crippen LogP contribution >= 0.6 is 23.2 Å². The minimum absolute atomic E-state index is 0.133. The Morgan fingerprint density at radius 2 is 1.67 bits per heavy atom. The number of sulfonamides is 1. The third-order valence-electron chi connectivity index (χ3n) is 7.15. The summed E-state index contributed by atoms with van der Waals surface area (Å²) < 4.78 is 34.3. The first-order valence-electron chi connectivity index (χ1n) is 13.6. The Bertz CT molecular complexity index is 1680. The molecule has 0 aliphatic carbocycles. The molecule has 1 aliphatic heterocycles. The number of carboxylic acid groups (broad SMARTS) is 1. The summed E-state index contributed by atoms with van der Waals surface area (Å²) in [5.41, 5.74) is 1.77. The molecule has 220 valence electrons. The molecule has 12 heteroatoms. The van der Waals surface area contributed by atoms with E-state index in [1.807, 2.05) is 37.3 Å². The number of carbonyl (C=O) groups is 1. The molecule has 0 saturated carbocycles. The van der Waals surface area contributed by atoms with E-state index in [2.05, 4.69) is 15.1 Å². The van der Waals surface area contributed by atoms with Crippen LogP contribution in [0, 0.1) is 0 Å². The summed E-state index contributed by atoms with van der Waals surface area (Å²) in [4.78, 5) is 14.4. The molecule has 0 spiro atoms. The maximum absolute atomic E-state index is 14.0. The van der Waals surface area contributed by atoms with Gasteiger partial charge in [0.1, 0.15) is 6.04 Å². The summed E-state index contributed by atoms with van der Waals surface area (Å²) in [6.45, 7) is 4.78. The highest BCUT2D eigenvalue weighted by Gasteiger charge is 2.36. The van der Waals surface area contributed by atoms with Crippen LogP contribution in [0.15, 0.2) is 71.6 Å². The van der Waals surface area contributed by atoms with E-state index in [0.717, 1.165) is 39.5 Å². The van der Waals surface area contributed by atoms with Gasteiger partial charge in [-0.2, -0.15) is 0 Å². The van der Waals surface area contributed by atoms with Gasteiger partial charge >= 0.3 is 5.97 Å². The number of rotatable bonds is 10. The number of hydrogen-bond acceptors (Lipinski definition) is 7. The number of hydrogen-bond donors (Lipinski definition) is 1. The minimum atomic E-state index is -4.35. The second-order valence-corrected chi connectivity index (χ2v) is 12.7. The van der Waals surface area contributed by atoms with Gasteiger partial charge in [-0.3, -0.25) is 4.31 Å². The van der Waals surface area contributed by atoms with Gasteiger partial charge in [0.25, 0.3) is 10.0 Å². The number of halogens is 2. The third kappa shape index (κ3) is 6.47. The molecular formula is C30H30Cl2N4O5S. The lowest BCUT2D eigenvalue weighted by molar-refractivity contribution is -0.138. The fourth-order valence-electron chi connectivity index (χ4n) is 4.99. The van der Waals surface area contributed by atoms with Crippen molar-refractivity contribution in [2.75, 3.05) is 35.5 Å². The second-order valence-electron chi connectivity index (χ2n) is 10.0. The van der Waals surface area contributed by atoms with Crippen molar-refractivity contribution in [3.63, 3.8) is 0 Å². The van der Waals surface area contributed by atoms with Crippen LogP contribution in [-0.4, -0.2) is 62.0 Å². The highest BCUT2D eigenvalue weighted by Crippen LogP contribution is 2.34. The highest BCUT2D eigenvalue weighted by molar-refractivity contribution is 7.93. The molecule has 0 amide bonds. The normalized spacial score (nSPS) is 14.6. The molecule has 0 bridgehead atoms. The molecular weight excluding hydrogens is 599 g/mol. The number of aromatic nitrogens is 2. The van der Waals surface area contributed by atoms with Crippen LogP contribution in [0.5, 0.6) is 0 Å². The predicted molar refractivity (Wildman–Crippen MR) is 165 cm³/mol. The SMILES string of the molecule is CCCCC(C(=O)O)N(c1ccc2cc(-c3ccc(N4CCOCC4)nn3)ccc2c1)S(=O)(=O)c1cc(Cl)cc(Cl)c1. The van der Waals surface area contributed by atoms with Crippen LogP contribution in [-0.2, 0) is 19.6 Å². The topological polar surface area (TPSA) is 113 Å². The largest absolute Gasteiger partial charge is 0.480 e. The first-order chi connectivity index (χ1) is 20.2. The quantitative estimate of drug-likeness (QED) is 0.218. The fraction of sp³-hybridized carbons (Fsp3) is 0.300. The zero-order valence-corrected chi connectivity index (χ0v) is 25.2. The number of carboxylic acids is 1. The molecule has 3 aromatic carbocycles. The number of unbranched alkanes of at least 4 members (excludes halogenated alkanes) is 1. The maximum atomic E-state index is 14.0. The van der Waals surface area contributed by atoms with Crippen molar-refractivity contribution in [2.24, 2.45) is 0 Å². The lowest BCUT2D eigenvalue weighted by atomic mass is 10.0. The number of morpholine rings is 1.